The minimum Gasteiger partial charge on any atom is -0.312 e. The predicted molar refractivity (Wildman–Crippen MR) is 40.1 cm³/mol. The Labute approximate surface area is 69.8 Å². The number of rotatable bonds is 2. The van der Waals surface area contributed by atoms with Gasteiger partial charge in [0.05, 0.1) is 0 Å². The molecule has 1 heterocycles. The van der Waals surface area contributed by atoms with E-state index < -0.39 is 15.5 Å². The summed E-state index contributed by atoms with van der Waals surface area (Å²) in [4.78, 5) is 18.0. The molecule has 1 fully saturated rings. The fourth-order valence-electron chi connectivity index (χ4n) is 0.310. The van der Waals surface area contributed by atoms with Gasteiger partial charge in [-0.1, -0.05) is 0 Å². The van der Waals surface area contributed by atoms with Gasteiger partial charge in [-0.2, -0.15) is 0 Å². The van der Waals surface area contributed by atoms with E-state index >= 15 is 0 Å². The zero-order valence-corrected chi connectivity index (χ0v) is 8.16. The van der Waals surface area contributed by atoms with Crippen molar-refractivity contribution in [1.82, 2.24) is 4.86 Å². The summed E-state index contributed by atoms with van der Waals surface area (Å²) in [6, 6.07) is 0. The van der Waals surface area contributed by atoms with E-state index in [0.717, 1.165) is 0 Å². The highest BCUT2D eigenvalue weighted by Gasteiger charge is 2.39. The van der Waals surface area contributed by atoms with Crippen LogP contribution in [0.5, 0.6) is 0 Å². The fraction of sp³-hybridized carbons (Fsp3) is 0. The van der Waals surface area contributed by atoms with Crippen LogP contribution in [-0.2, 0) is 17.1 Å². The standard InChI is InChI=1S/H3NO6P2S2/c2-8(3,4)1-9(5)6-10-11-7-9/h(H3,1,2,3,4,5). The van der Waals surface area contributed by atoms with Crippen molar-refractivity contribution in [3.63, 3.8) is 0 Å². The molecule has 7 nitrogen and oxygen atoms in total. The van der Waals surface area contributed by atoms with Crippen molar-refractivity contribution in [2.24, 2.45) is 0 Å². The van der Waals surface area contributed by atoms with Crippen molar-refractivity contribution in [2.45, 2.75) is 0 Å². The van der Waals surface area contributed by atoms with E-state index in [1.54, 1.807) is 0 Å². The molecule has 66 valence electrons. The minimum atomic E-state index is -4.57. The maximum atomic E-state index is 10.9. The topological polar surface area (TPSA) is 105 Å². The van der Waals surface area contributed by atoms with Crippen LogP contribution in [0.25, 0.3) is 0 Å². The van der Waals surface area contributed by atoms with Crippen LogP contribution in [-0.4, -0.2) is 9.79 Å². The molecular weight excluding hydrogens is 236 g/mol. The lowest BCUT2D eigenvalue weighted by Crippen LogP contribution is -2.05. The molecule has 1 rings (SSSR count). The van der Waals surface area contributed by atoms with Gasteiger partial charge in [0, 0.05) is 0 Å². The van der Waals surface area contributed by atoms with E-state index in [9.17, 15) is 9.13 Å². The first-order valence-corrected chi connectivity index (χ1v) is 7.23. The predicted octanol–water partition coefficient (Wildman–Crippen LogP) is 1.03. The summed E-state index contributed by atoms with van der Waals surface area (Å²) in [5, 5.41) is 0. The molecule has 0 amide bonds. The van der Waals surface area contributed by atoms with Crippen molar-refractivity contribution >= 4 is 37.6 Å². The molecule has 0 aromatic carbocycles. The SMILES string of the molecule is O=P(O)(O)NP1(=O)OSSO1. The van der Waals surface area contributed by atoms with Gasteiger partial charge in [-0.05, 0) is 0 Å². The van der Waals surface area contributed by atoms with Crippen molar-refractivity contribution in [1.29, 1.82) is 0 Å². The quantitative estimate of drug-likeness (QED) is 0.370. The first-order chi connectivity index (χ1) is 4.91. The third-order valence-corrected chi connectivity index (χ3v) is 5.93. The summed E-state index contributed by atoms with van der Waals surface area (Å²) in [5.74, 6) is 0. The molecule has 11 heteroatoms. The minimum absolute atomic E-state index is 0.647. The summed E-state index contributed by atoms with van der Waals surface area (Å²) in [6.45, 7) is 0. The van der Waals surface area contributed by atoms with Crippen molar-refractivity contribution < 1.29 is 26.9 Å². The van der Waals surface area contributed by atoms with Crippen LogP contribution in [0.4, 0.5) is 0 Å². The lowest BCUT2D eigenvalue weighted by molar-refractivity contribution is 0.358. The van der Waals surface area contributed by atoms with E-state index in [1.165, 1.54) is 4.86 Å². The fourth-order valence-corrected chi connectivity index (χ4v) is 5.51. The van der Waals surface area contributed by atoms with Crippen LogP contribution in [0.1, 0.15) is 0 Å². The van der Waals surface area contributed by atoms with Gasteiger partial charge in [-0.15, -0.1) is 4.86 Å². The largest absolute Gasteiger partial charge is 0.438 e. The smallest absolute Gasteiger partial charge is 0.312 e. The molecule has 0 aromatic heterocycles. The second-order valence-corrected chi connectivity index (χ2v) is 6.59. The van der Waals surface area contributed by atoms with Gasteiger partial charge >= 0.3 is 15.5 Å². The monoisotopic (exact) mass is 239 g/mol. The highest BCUT2D eigenvalue weighted by Crippen LogP contribution is 2.65. The molecule has 0 aromatic rings. The van der Waals surface area contributed by atoms with Gasteiger partial charge in [0.25, 0.3) is 0 Å². The molecule has 11 heavy (non-hydrogen) atoms. The van der Waals surface area contributed by atoms with Gasteiger partial charge in [0.15, 0.2) is 0 Å². The first-order valence-electron chi connectivity index (χ1n) is 2.08. The van der Waals surface area contributed by atoms with E-state index in [0.29, 0.717) is 22.1 Å². The third-order valence-electron chi connectivity index (χ3n) is 0.538. The number of hydrogen-bond donors (Lipinski definition) is 3. The van der Waals surface area contributed by atoms with E-state index in [1.807, 2.05) is 0 Å². The molecule has 0 aliphatic carbocycles. The molecule has 1 aliphatic rings. The average molecular weight is 239 g/mol. The molecule has 1 saturated heterocycles. The Morgan fingerprint density at radius 2 is 1.82 bits per heavy atom. The molecule has 0 atom stereocenters. The van der Waals surface area contributed by atoms with Gasteiger partial charge in [-0.3, -0.25) is 0 Å². The Bertz CT molecular complexity index is 223. The molecular formula is H3NO6P2S2. The third kappa shape index (κ3) is 3.45. The summed E-state index contributed by atoms with van der Waals surface area (Å²) < 4.78 is 29.8. The zero-order chi connectivity index (χ0) is 8.54. The Morgan fingerprint density at radius 3 is 2.18 bits per heavy atom. The van der Waals surface area contributed by atoms with Crippen molar-refractivity contribution in [3.8, 4) is 0 Å². The second kappa shape index (κ2) is 3.37. The van der Waals surface area contributed by atoms with Crippen LogP contribution in [0.15, 0.2) is 0 Å². The van der Waals surface area contributed by atoms with Gasteiger partial charge in [0.1, 0.15) is 22.1 Å². The highest BCUT2D eigenvalue weighted by molar-refractivity contribution is 8.75. The molecule has 0 radical (unpaired) electrons. The summed E-state index contributed by atoms with van der Waals surface area (Å²) in [6.07, 6.45) is 0. The van der Waals surface area contributed by atoms with Crippen molar-refractivity contribution in [3.05, 3.63) is 0 Å². The molecule has 0 saturated carbocycles. The molecule has 3 N–H and O–H groups in total. The lowest BCUT2D eigenvalue weighted by Gasteiger charge is -2.08. The van der Waals surface area contributed by atoms with Gasteiger partial charge in [-0.25, -0.2) is 17.1 Å². The summed E-state index contributed by atoms with van der Waals surface area (Å²) in [5.41, 5.74) is 0. The number of nitrogens with one attached hydrogen (secondary N) is 1. The normalized spacial score (nSPS) is 23.8. The maximum absolute atomic E-state index is 10.9. The van der Waals surface area contributed by atoms with Gasteiger partial charge in [0.2, 0.25) is 0 Å². The van der Waals surface area contributed by atoms with E-state index in [-0.39, 0.29) is 0 Å². The Balaban J connectivity index is 2.61. The van der Waals surface area contributed by atoms with E-state index in [2.05, 4.69) is 7.94 Å². The average Bonchev–Trinajstić information content (AvgIpc) is 2.09. The van der Waals surface area contributed by atoms with Gasteiger partial charge < -0.3 is 9.79 Å². The second-order valence-electron chi connectivity index (χ2n) is 1.43. The zero-order valence-electron chi connectivity index (χ0n) is 4.74. The molecule has 0 unspecified atom stereocenters. The Morgan fingerprint density at radius 1 is 1.36 bits per heavy atom. The first kappa shape index (κ1) is 10.0. The highest BCUT2D eigenvalue weighted by atomic mass is 33.1. The summed E-state index contributed by atoms with van der Waals surface area (Å²) >= 11 is 1.29. The van der Waals surface area contributed by atoms with Crippen LogP contribution in [0.2, 0.25) is 0 Å². The van der Waals surface area contributed by atoms with Crippen LogP contribution < -0.4 is 4.86 Å². The molecule has 0 bridgehead atoms. The summed E-state index contributed by atoms with van der Waals surface area (Å²) in [7, 11) is -8.35. The van der Waals surface area contributed by atoms with Crippen LogP contribution in [0, 0.1) is 0 Å². The number of hydrogen-bond acceptors (Lipinski definition) is 6. The Kier molecular flexibility index (Phi) is 3.08. The lowest BCUT2D eigenvalue weighted by atomic mass is 13.9. The maximum Gasteiger partial charge on any atom is 0.438 e. The molecule has 0 spiro atoms. The molecule has 1 aliphatic heterocycles. The Hall–Kier alpha value is 0.960. The van der Waals surface area contributed by atoms with Crippen LogP contribution in [0.3, 0.4) is 0 Å². The van der Waals surface area contributed by atoms with Crippen molar-refractivity contribution in [2.75, 3.05) is 0 Å². The van der Waals surface area contributed by atoms with Crippen LogP contribution >= 0.6 is 37.6 Å². The van der Waals surface area contributed by atoms with E-state index in [4.69, 9.17) is 9.79 Å².